The molecule has 1 N–H and O–H groups in total. The van der Waals surface area contributed by atoms with Crippen LogP contribution in [-0.4, -0.2) is 48.7 Å². The molecule has 9 heteroatoms. The fraction of sp³-hybridized carbons (Fsp3) is 0.577. The largest absolute Gasteiger partial charge is 0.465 e. The Bertz CT molecular complexity index is 1230. The van der Waals surface area contributed by atoms with Gasteiger partial charge in [0.25, 0.3) is 5.56 Å². The van der Waals surface area contributed by atoms with Gasteiger partial charge in [-0.3, -0.25) is 14.5 Å². The molecule has 1 aliphatic rings. The van der Waals surface area contributed by atoms with Gasteiger partial charge in [-0.15, -0.1) is 5.10 Å². The van der Waals surface area contributed by atoms with Crippen LogP contribution in [0.25, 0.3) is 10.9 Å². The van der Waals surface area contributed by atoms with Gasteiger partial charge in [0.1, 0.15) is 6.54 Å². The van der Waals surface area contributed by atoms with Crippen LogP contribution in [0.1, 0.15) is 80.9 Å². The SMILES string of the molecule is CCOC(=O)Cn1nnnc1C(CC)N(Cc1cc2cc(C)cc(C)c2[nH]c1=O)C1CCCCC1. The summed E-state index contributed by atoms with van der Waals surface area (Å²) in [6.07, 6.45) is 6.45. The van der Waals surface area contributed by atoms with Crippen molar-refractivity contribution in [1.82, 2.24) is 30.1 Å². The van der Waals surface area contributed by atoms with Crippen LogP contribution in [0.4, 0.5) is 0 Å². The Morgan fingerprint density at radius 3 is 2.69 bits per heavy atom. The van der Waals surface area contributed by atoms with E-state index in [9.17, 15) is 9.59 Å². The molecule has 35 heavy (non-hydrogen) atoms. The quantitative estimate of drug-likeness (QED) is 0.462. The molecule has 0 saturated heterocycles. The van der Waals surface area contributed by atoms with E-state index in [1.807, 2.05) is 13.0 Å². The number of H-pyrrole nitrogens is 1. The number of tetrazole rings is 1. The van der Waals surface area contributed by atoms with Crippen molar-refractivity contribution in [3.8, 4) is 0 Å². The van der Waals surface area contributed by atoms with Gasteiger partial charge in [-0.05, 0) is 73.5 Å². The van der Waals surface area contributed by atoms with Crippen LogP contribution in [0.2, 0.25) is 0 Å². The Kier molecular flexibility index (Phi) is 7.95. The Balaban J connectivity index is 1.72. The molecular weight excluding hydrogens is 444 g/mol. The molecule has 9 nitrogen and oxygen atoms in total. The number of carbonyl (C=O) groups is 1. The molecule has 0 radical (unpaired) electrons. The highest BCUT2D eigenvalue weighted by Crippen LogP contribution is 2.33. The molecule has 2 aromatic heterocycles. The minimum Gasteiger partial charge on any atom is -0.465 e. The van der Waals surface area contributed by atoms with Crippen molar-refractivity contribution in [2.24, 2.45) is 0 Å². The van der Waals surface area contributed by atoms with Crippen LogP contribution < -0.4 is 5.56 Å². The third kappa shape index (κ3) is 5.61. The second-order valence-corrected chi connectivity index (χ2v) is 9.56. The standard InChI is InChI=1S/C26H36N6O3/c1-5-22(25-28-29-30-32(25)16-23(33)35-6-2)31(21-10-8-7-9-11-21)15-20-14-19-13-17(3)12-18(4)24(19)27-26(20)34/h12-14,21-22H,5-11,15-16H2,1-4H3,(H,27,34). The van der Waals surface area contributed by atoms with Crippen LogP contribution in [-0.2, 0) is 22.6 Å². The van der Waals surface area contributed by atoms with Gasteiger partial charge in [0, 0.05) is 18.2 Å². The first kappa shape index (κ1) is 25.0. The number of ether oxygens (including phenoxy) is 1. The summed E-state index contributed by atoms with van der Waals surface area (Å²) in [4.78, 5) is 30.8. The molecule has 1 saturated carbocycles. The highest BCUT2D eigenvalue weighted by Gasteiger charge is 2.32. The maximum absolute atomic E-state index is 13.2. The zero-order valence-corrected chi connectivity index (χ0v) is 21.2. The lowest BCUT2D eigenvalue weighted by atomic mass is 9.92. The number of aryl methyl sites for hydroxylation is 2. The first-order chi connectivity index (χ1) is 16.9. The van der Waals surface area contributed by atoms with Crippen molar-refractivity contribution < 1.29 is 9.53 Å². The van der Waals surface area contributed by atoms with E-state index in [1.165, 1.54) is 12.0 Å². The normalized spacial score (nSPS) is 15.6. The summed E-state index contributed by atoms with van der Waals surface area (Å²) in [5.41, 5.74) is 3.79. The molecule has 0 amide bonds. The van der Waals surface area contributed by atoms with E-state index in [4.69, 9.17) is 4.74 Å². The van der Waals surface area contributed by atoms with Crippen LogP contribution in [0.5, 0.6) is 0 Å². The van der Waals surface area contributed by atoms with Gasteiger partial charge in [0.15, 0.2) is 5.82 Å². The van der Waals surface area contributed by atoms with Gasteiger partial charge in [-0.2, -0.15) is 0 Å². The molecule has 1 aliphatic carbocycles. The zero-order chi connectivity index (χ0) is 24.9. The fourth-order valence-corrected chi connectivity index (χ4v) is 5.41. The number of hydrogen-bond donors (Lipinski definition) is 1. The average molecular weight is 481 g/mol. The first-order valence-electron chi connectivity index (χ1n) is 12.7. The second-order valence-electron chi connectivity index (χ2n) is 9.56. The number of esters is 1. The van der Waals surface area contributed by atoms with Gasteiger partial charge in [-0.25, -0.2) is 4.68 Å². The van der Waals surface area contributed by atoms with Gasteiger partial charge >= 0.3 is 5.97 Å². The Morgan fingerprint density at radius 1 is 1.20 bits per heavy atom. The van der Waals surface area contributed by atoms with E-state index in [0.717, 1.165) is 54.1 Å². The summed E-state index contributed by atoms with van der Waals surface area (Å²) in [6.45, 7) is 8.75. The molecule has 3 aromatic rings. The van der Waals surface area contributed by atoms with E-state index in [0.29, 0.717) is 25.0 Å². The molecule has 0 aliphatic heterocycles. The van der Waals surface area contributed by atoms with Crippen molar-refractivity contribution in [3.63, 3.8) is 0 Å². The topological polar surface area (TPSA) is 106 Å². The van der Waals surface area contributed by atoms with Gasteiger partial charge in [0.2, 0.25) is 0 Å². The number of hydrogen-bond acceptors (Lipinski definition) is 7. The third-order valence-corrected chi connectivity index (χ3v) is 7.00. The van der Waals surface area contributed by atoms with Crippen LogP contribution in [0.15, 0.2) is 23.0 Å². The number of carbonyl (C=O) groups excluding carboxylic acids is 1. The summed E-state index contributed by atoms with van der Waals surface area (Å²) in [7, 11) is 0. The number of aromatic nitrogens is 5. The molecular formula is C26H36N6O3. The number of benzene rings is 1. The minimum absolute atomic E-state index is 0.0275. The van der Waals surface area contributed by atoms with E-state index >= 15 is 0 Å². The van der Waals surface area contributed by atoms with Crippen molar-refractivity contribution in [3.05, 3.63) is 51.1 Å². The summed E-state index contributed by atoms with van der Waals surface area (Å²) in [5.74, 6) is 0.270. The van der Waals surface area contributed by atoms with Crippen LogP contribution in [0.3, 0.4) is 0 Å². The number of pyridine rings is 1. The number of nitrogens with zero attached hydrogens (tertiary/aromatic N) is 5. The summed E-state index contributed by atoms with van der Waals surface area (Å²) < 4.78 is 6.66. The number of fused-ring (bicyclic) bond motifs is 1. The highest BCUT2D eigenvalue weighted by molar-refractivity contribution is 5.82. The molecule has 4 rings (SSSR count). The van der Waals surface area contributed by atoms with E-state index in [1.54, 1.807) is 11.6 Å². The number of aromatic amines is 1. The van der Waals surface area contributed by atoms with Crippen LogP contribution in [0, 0.1) is 13.8 Å². The van der Waals surface area contributed by atoms with Crippen LogP contribution >= 0.6 is 0 Å². The lowest BCUT2D eigenvalue weighted by Gasteiger charge is -2.39. The smallest absolute Gasteiger partial charge is 0.327 e. The molecule has 0 bridgehead atoms. The zero-order valence-electron chi connectivity index (χ0n) is 21.2. The van der Waals surface area contributed by atoms with Crippen molar-refractivity contribution >= 4 is 16.9 Å². The highest BCUT2D eigenvalue weighted by atomic mass is 16.5. The molecule has 1 aromatic carbocycles. The maximum atomic E-state index is 13.2. The fourth-order valence-electron chi connectivity index (χ4n) is 5.41. The Labute approximate surface area is 205 Å². The van der Waals surface area contributed by atoms with E-state index in [-0.39, 0.29) is 24.1 Å². The monoisotopic (exact) mass is 480 g/mol. The molecule has 2 heterocycles. The molecule has 1 atom stereocenters. The lowest BCUT2D eigenvalue weighted by Crippen LogP contribution is -2.41. The van der Waals surface area contributed by atoms with Crippen molar-refractivity contribution in [1.29, 1.82) is 0 Å². The molecule has 1 unspecified atom stereocenters. The van der Waals surface area contributed by atoms with Crippen molar-refractivity contribution in [2.75, 3.05) is 6.61 Å². The predicted molar refractivity (Wildman–Crippen MR) is 134 cm³/mol. The van der Waals surface area contributed by atoms with E-state index < -0.39 is 0 Å². The third-order valence-electron chi connectivity index (χ3n) is 7.00. The summed E-state index contributed by atoms with van der Waals surface area (Å²) in [6, 6.07) is 6.41. The molecule has 1 fully saturated rings. The number of nitrogens with one attached hydrogen (secondary N) is 1. The van der Waals surface area contributed by atoms with Gasteiger partial charge in [0.05, 0.1) is 18.2 Å². The van der Waals surface area contributed by atoms with E-state index in [2.05, 4.69) is 51.4 Å². The predicted octanol–water partition coefficient (Wildman–Crippen LogP) is 3.98. The Morgan fingerprint density at radius 2 is 1.97 bits per heavy atom. The van der Waals surface area contributed by atoms with Gasteiger partial charge in [-0.1, -0.05) is 37.8 Å². The second kappa shape index (κ2) is 11.1. The maximum Gasteiger partial charge on any atom is 0.327 e. The average Bonchev–Trinajstić information content (AvgIpc) is 3.28. The molecule has 188 valence electrons. The first-order valence-corrected chi connectivity index (χ1v) is 12.7. The van der Waals surface area contributed by atoms with Gasteiger partial charge < -0.3 is 9.72 Å². The number of rotatable bonds is 9. The lowest BCUT2D eigenvalue weighted by molar-refractivity contribution is -0.144. The summed E-state index contributed by atoms with van der Waals surface area (Å²) >= 11 is 0. The Hall–Kier alpha value is -3.07. The minimum atomic E-state index is -0.364. The summed E-state index contributed by atoms with van der Waals surface area (Å²) in [5, 5.41) is 13.3. The molecule has 0 spiro atoms. The van der Waals surface area contributed by atoms with Crippen molar-refractivity contribution in [2.45, 2.75) is 91.4 Å².